The van der Waals surface area contributed by atoms with E-state index in [0.717, 1.165) is 25.0 Å². The number of aromatic nitrogens is 3. The SMILES string of the molecule is Cl.O=C(c1nnn(-c2ccccc2F)c1C(F)(F)F)N1CCC2CCC(C1)N2. The van der Waals surface area contributed by atoms with E-state index < -0.39 is 35.0 Å². The highest BCUT2D eigenvalue weighted by atomic mass is 35.5. The number of hydrogen-bond donors (Lipinski definition) is 1. The molecule has 11 heteroatoms. The van der Waals surface area contributed by atoms with Crippen LogP contribution in [0.15, 0.2) is 24.3 Å². The molecule has 2 saturated heterocycles. The fourth-order valence-electron chi connectivity index (χ4n) is 3.75. The first-order chi connectivity index (χ1) is 12.8. The van der Waals surface area contributed by atoms with E-state index in [9.17, 15) is 22.4 Å². The lowest BCUT2D eigenvalue weighted by Crippen LogP contribution is -2.40. The number of halogens is 5. The van der Waals surface area contributed by atoms with Crippen LogP contribution >= 0.6 is 12.4 Å². The third-order valence-corrected chi connectivity index (χ3v) is 5.03. The Morgan fingerprint density at radius 2 is 1.86 bits per heavy atom. The second-order valence-electron chi connectivity index (χ2n) is 6.83. The highest BCUT2D eigenvalue weighted by Crippen LogP contribution is 2.34. The largest absolute Gasteiger partial charge is 0.435 e. The lowest BCUT2D eigenvalue weighted by atomic mass is 10.1. The Labute approximate surface area is 164 Å². The summed E-state index contributed by atoms with van der Waals surface area (Å²) in [6.45, 7) is 0.663. The Morgan fingerprint density at radius 1 is 1.14 bits per heavy atom. The van der Waals surface area contributed by atoms with Crippen LogP contribution < -0.4 is 5.32 Å². The lowest BCUT2D eigenvalue weighted by Gasteiger charge is -2.24. The van der Waals surface area contributed by atoms with Crippen LogP contribution in [0.2, 0.25) is 0 Å². The van der Waals surface area contributed by atoms with E-state index in [2.05, 4.69) is 15.6 Å². The number of nitrogens with one attached hydrogen (secondary N) is 1. The average Bonchev–Trinajstić information content (AvgIpc) is 3.18. The molecule has 152 valence electrons. The number of rotatable bonds is 2. The van der Waals surface area contributed by atoms with Gasteiger partial charge in [0.1, 0.15) is 11.5 Å². The van der Waals surface area contributed by atoms with Crippen LogP contribution in [0.25, 0.3) is 5.69 Å². The van der Waals surface area contributed by atoms with Crippen molar-refractivity contribution in [1.29, 1.82) is 0 Å². The highest BCUT2D eigenvalue weighted by molar-refractivity contribution is 5.93. The summed E-state index contributed by atoms with van der Waals surface area (Å²) < 4.78 is 55.5. The standard InChI is InChI=1S/C17H17F4N5O.ClH/c18-12-3-1-2-4-13(12)26-15(17(19,20)21)14(23-24-26)16(27)25-8-7-10-5-6-11(9-25)22-10;/h1-4,10-11,22H,5-9H2;1H. The molecular weight excluding hydrogens is 402 g/mol. The van der Waals surface area contributed by atoms with Crippen LogP contribution in [0.4, 0.5) is 17.6 Å². The Kier molecular flexibility index (Phi) is 5.62. The summed E-state index contributed by atoms with van der Waals surface area (Å²) in [7, 11) is 0. The molecule has 1 N–H and O–H groups in total. The number of amides is 1. The molecular formula is C17H18ClF4N5O. The van der Waals surface area contributed by atoms with Crippen LogP contribution in [0, 0.1) is 5.82 Å². The predicted octanol–water partition coefficient (Wildman–Crippen LogP) is 2.81. The summed E-state index contributed by atoms with van der Waals surface area (Å²) in [5.41, 5.74) is -2.57. The first-order valence-electron chi connectivity index (χ1n) is 8.67. The van der Waals surface area contributed by atoms with Crippen LogP contribution in [0.5, 0.6) is 0 Å². The first-order valence-corrected chi connectivity index (χ1v) is 8.67. The maximum atomic E-state index is 14.0. The second-order valence-corrected chi connectivity index (χ2v) is 6.83. The quantitative estimate of drug-likeness (QED) is 0.760. The van der Waals surface area contributed by atoms with Gasteiger partial charge in [-0.25, -0.2) is 9.07 Å². The molecule has 2 fully saturated rings. The molecule has 2 aliphatic heterocycles. The summed E-state index contributed by atoms with van der Waals surface area (Å²) in [5, 5.41) is 10.3. The molecule has 28 heavy (non-hydrogen) atoms. The fraction of sp³-hybridized carbons (Fsp3) is 0.471. The van der Waals surface area contributed by atoms with Crippen molar-refractivity contribution in [3.05, 3.63) is 41.5 Å². The molecule has 2 aliphatic rings. The van der Waals surface area contributed by atoms with E-state index >= 15 is 0 Å². The van der Waals surface area contributed by atoms with Gasteiger partial charge in [-0.3, -0.25) is 4.79 Å². The Hall–Kier alpha value is -2.20. The molecule has 0 radical (unpaired) electrons. The van der Waals surface area contributed by atoms with Crippen molar-refractivity contribution >= 4 is 18.3 Å². The van der Waals surface area contributed by atoms with Gasteiger partial charge in [0, 0.05) is 25.2 Å². The molecule has 2 atom stereocenters. The Morgan fingerprint density at radius 3 is 2.57 bits per heavy atom. The van der Waals surface area contributed by atoms with Gasteiger partial charge in [-0.2, -0.15) is 13.2 Å². The fourth-order valence-corrected chi connectivity index (χ4v) is 3.75. The number of alkyl halides is 3. The minimum Gasteiger partial charge on any atom is -0.336 e. The molecule has 2 unspecified atom stereocenters. The molecule has 1 aromatic heterocycles. The van der Waals surface area contributed by atoms with Gasteiger partial charge in [0.05, 0.1) is 0 Å². The van der Waals surface area contributed by atoms with Crippen molar-refractivity contribution in [3.8, 4) is 5.69 Å². The van der Waals surface area contributed by atoms with Crippen molar-refractivity contribution in [2.24, 2.45) is 0 Å². The molecule has 3 heterocycles. The third kappa shape index (κ3) is 3.70. The predicted molar refractivity (Wildman–Crippen MR) is 94.0 cm³/mol. The zero-order chi connectivity index (χ0) is 19.2. The number of carbonyl (C=O) groups is 1. The number of likely N-dealkylation sites (tertiary alicyclic amines) is 1. The van der Waals surface area contributed by atoms with Gasteiger partial charge in [-0.15, -0.1) is 17.5 Å². The zero-order valence-electron chi connectivity index (χ0n) is 14.6. The first kappa shape index (κ1) is 20.5. The van der Waals surface area contributed by atoms with E-state index in [1.807, 2.05) is 0 Å². The van der Waals surface area contributed by atoms with Gasteiger partial charge in [-0.1, -0.05) is 17.3 Å². The average molecular weight is 420 g/mol. The van der Waals surface area contributed by atoms with Gasteiger partial charge in [0.25, 0.3) is 5.91 Å². The van der Waals surface area contributed by atoms with Gasteiger partial charge < -0.3 is 10.2 Å². The van der Waals surface area contributed by atoms with Crippen molar-refractivity contribution in [2.75, 3.05) is 13.1 Å². The third-order valence-electron chi connectivity index (χ3n) is 5.03. The van der Waals surface area contributed by atoms with Crippen molar-refractivity contribution in [2.45, 2.75) is 37.5 Å². The number of nitrogens with zero attached hydrogens (tertiary/aromatic N) is 4. The number of fused-ring (bicyclic) bond motifs is 2. The molecule has 0 spiro atoms. The van der Waals surface area contributed by atoms with E-state index in [1.54, 1.807) is 0 Å². The van der Waals surface area contributed by atoms with E-state index in [4.69, 9.17) is 0 Å². The molecule has 4 rings (SSSR count). The summed E-state index contributed by atoms with van der Waals surface area (Å²) in [6, 6.07) is 5.27. The normalized spacial score (nSPS) is 21.9. The smallest absolute Gasteiger partial charge is 0.336 e. The van der Waals surface area contributed by atoms with E-state index in [0.29, 0.717) is 24.2 Å². The van der Waals surface area contributed by atoms with E-state index in [1.165, 1.54) is 17.0 Å². The van der Waals surface area contributed by atoms with Crippen molar-refractivity contribution in [1.82, 2.24) is 25.2 Å². The van der Waals surface area contributed by atoms with Crippen LogP contribution in [0.1, 0.15) is 35.4 Å². The lowest BCUT2D eigenvalue weighted by molar-refractivity contribution is -0.143. The maximum Gasteiger partial charge on any atom is 0.435 e. The topological polar surface area (TPSA) is 63.1 Å². The molecule has 1 amide bonds. The number of para-hydroxylation sites is 1. The van der Waals surface area contributed by atoms with Crippen LogP contribution in [-0.4, -0.2) is 51.0 Å². The molecule has 2 aromatic rings. The monoisotopic (exact) mass is 419 g/mol. The van der Waals surface area contributed by atoms with Gasteiger partial charge >= 0.3 is 6.18 Å². The van der Waals surface area contributed by atoms with Gasteiger partial charge in [-0.05, 0) is 31.4 Å². The zero-order valence-corrected chi connectivity index (χ0v) is 15.4. The van der Waals surface area contributed by atoms with Crippen LogP contribution in [-0.2, 0) is 6.18 Å². The van der Waals surface area contributed by atoms with Gasteiger partial charge in [0.2, 0.25) is 0 Å². The molecule has 1 aromatic carbocycles. The molecule has 6 nitrogen and oxygen atoms in total. The molecule has 0 aliphatic carbocycles. The second kappa shape index (κ2) is 7.67. The van der Waals surface area contributed by atoms with Crippen molar-refractivity contribution in [3.63, 3.8) is 0 Å². The summed E-state index contributed by atoms with van der Waals surface area (Å²) >= 11 is 0. The minimum absolute atomic E-state index is 0. The summed E-state index contributed by atoms with van der Waals surface area (Å²) in [4.78, 5) is 14.2. The minimum atomic E-state index is -4.92. The Balaban J connectivity index is 0.00000225. The Bertz CT molecular complexity index is 871. The van der Waals surface area contributed by atoms with Crippen molar-refractivity contribution < 1.29 is 22.4 Å². The molecule has 0 saturated carbocycles. The number of benzene rings is 1. The van der Waals surface area contributed by atoms with Crippen LogP contribution in [0.3, 0.4) is 0 Å². The van der Waals surface area contributed by atoms with Gasteiger partial charge in [0.15, 0.2) is 11.4 Å². The number of carbonyl (C=O) groups excluding carboxylic acids is 1. The maximum absolute atomic E-state index is 14.0. The molecule has 2 bridgehead atoms. The summed E-state index contributed by atoms with van der Waals surface area (Å²) in [6.07, 6.45) is -2.36. The number of hydrogen-bond acceptors (Lipinski definition) is 4. The highest BCUT2D eigenvalue weighted by Gasteiger charge is 2.44. The summed E-state index contributed by atoms with van der Waals surface area (Å²) in [5.74, 6) is -1.72. The van der Waals surface area contributed by atoms with E-state index in [-0.39, 0.29) is 24.5 Å².